The highest BCUT2D eigenvalue weighted by Gasteiger charge is 2.34. The van der Waals surface area contributed by atoms with Crippen LogP contribution in [0.25, 0.3) is 0 Å². The molecule has 22 heavy (non-hydrogen) atoms. The van der Waals surface area contributed by atoms with E-state index in [1.165, 1.54) is 0 Å². The smallest absolute Gasteiger partial charge is 0.243 e. The van der Waals surface area contributed by atoms with Crippen LogP contribution in [0.2, 0.25) is 0 Å². The maximum atomic E-state index is 12.4. The standard InChI is InChI=1S/C15H24N4O3/c1-4-12(15(21)16-7-5-9-22-3)19-13-10-11(2)17-18(13)8-6-14(19)20/h10,12H,4-9H2,1-3H3,(H,16,21)/t12-/m0/s1. The summed E-state index contributed by atoms with van der Waals surface area (Å²) < 4.78 is 6.77. The highest BCUT2D eigenvalue weighted by Crippen LogP contribution is 2.25. The van der Waals surface area contributed by atoms with Crippen molar-refractivity contribution in [1.29, 1.82) is 0 Å². The third-order valence-corrected chi connectivity index (χ3v) is 3.76. The number of nitrogens with zero attached hydrogens (tertiary/aromatic N) is 3. The molecule has 0 fully saturated rings. The maximum Gasteiger partial charge on any atom is 0.243 e. The molecule has 2 amide bonds. The van der Waals surface area contributed by atoms with Gasteiger partial charge in [0.1, 0.15) is 11.9 Å². The summed E-state index contributed by atoms with van der Waals surface area (Å²) >= 11 is 0. The zero-order chi connectivity index (χ0) is 16.1. The molecule has 1 aromatic heterocycles. The Balaban J connectivity index is 2.12. The van der Waals surface area contributed by atoms with E-state index in [4.69, 9.17) is 4.74 Å². The van der Waals surface area contributed by atoms with Crippen molar-refractivity contribution in [3.05, 3.63) is 11.8 Å². The molecule has 2 rings (SSSR count). The van der Waals surface area contributed by atoms with E-state index in [2.05, 4.69) is 10.4 Å². The minimum absolute atomic E-state index is 0.0220. The molecule has 122 valence electrons. The molecular weight excluding hydrogens is 284 g/mol. The third-order valence-electron chi connectivity index (χ3n) is 3.76. The number of rotatable bonds is 7. The summed E-state index contributed by atoms with van der Waals surface area (Å²) in [6.45, 7) is 5.52. The summed E-state index contributed by atoms with van der Waals surface area (Å²) in [7, 11) is 1.63. The van der Waals surface area contributed by atoms with Gasteiger partial charge in [-0.2, -0.15) is 5.10 Å². The van der Waals surface area contributed by atoms with Gasteiger partial charge < -0.3 is 10.1 Å². The van der Waals surface area contributed by atoms with Gasteiger partial charge >= 0.3 is 0 Å². The van der Waals surface area contributed by atoms with E-state index in [0.717, 1.165) is 12.1 Å². The lowest BCUT2D eigenvalue weighted by Crippen LogP contribution is -2.52. The molecule has 1 atom stereocenters. The number of amides is 2. The number of fused-ring (bicyclic) bond motifs is 1. The number of anilines is 1. The van der Waals surface area contributed by atoms with Crippen LogP contribution >= 0.6 is 0 Å². The molecule has 0 saturated carbocycles. The average molecular weight is 308 g/mol. The fourth-order valence-electron chi connectivity index (χ4n) is 2.70. The van der Waals surface area contributed by atoms with E-state index in [-0.39, 0.29) is 11.8 Å². The monoisotopic (exact) mass is 308 g/mol. The van der Waals surface area contributed by atoms with Crippen molar-refractivity contribution in [2.45, 2.75) is 45.7 Å². The molecule has 0 radical (unpaired) electrons. The number of carbonyl (C=O) groups is 2. The summed E-state index contributed by atoms with van der Waals surface area (Å²) in [5.41, 5.74) is 0.852. The first-order valence-corrected chi connectivity index (χ1v) is 7.71. The van der Waals surface area contributed by atoms with Crippen molar-refractivity contribution >= 4 is 17.6 Å². The molecule has 0 saturated heterocycles. The zero-order valence-electron chi connectivity index (χ0n) is 13.5. The Bertz CT molecular complexity index is 541. The van der Waals surface area contributed by atoms with Crippen LogP contribution in [0.1, 0.15) is 31.9 Å². The number of methoxy groups -OCH3 is 1. The molecule has 1 aliphatic rings. The molecule has 0 aromatic carbocycles. The number of ether oxygens (including phenoxy) is 1. The molecule has 7 nitrogen and oxygen atoms in total. The van der Waals surface area contributed by atoms with Crippen LogP contribution < -0.4 is 10.2 Å². The van der Waals surface area contributed by atoms with Gasteiger partial charge in [0.2, 0.25) is 11.8 Å². The van der Waals surface area contributed by atoms with Gasteiger partial charge in [0.15, 0.2) is 0 Å². The zero-order valence-corrected chi connectivity index (χ0v) is 13.5. The minimum Gasteiger partial charge on any atom is -0.385 e. The number of aryl methyl sites for hydroxylation is 2. The summed E-state index contributed by atoms with van der Waals surface area (Å²) in [4.78, 5) is 26.3. The molecule has 0 unspecified atom stereocenters. The molecule has 1 N–H and O–H groups in total. The SMILES string of the molecule is CC[C@@H](C(=O)NCCCOC)N1C(=O)CCn2nc(C)cc21. The highest BCUT2D eigenvalue weighted by atomic mass is 16.5. The van der Waals surface area contributed by atoms with Gasteiger partial charge in [0.05, 0.1) is 12.2 Å². The van der Waals surface area contributed by atoms with E-state index >= 15 is 0 Å². The highest BCUT2D eigenvalue weighted by molar-refractivity contribution is 6.00. The number of nitrogens with one attached hydrogen (secondary N) is 1. The molecule has 2 heterocycles. The quantitative estimate of drug-likeness (QED) is 0.758. The lowest BCUT2D eigenvalue weighted by Gasteiger charge is -2.33. The summed E-state index contributed by atoms with van der Waals surface area (Å²) in [6.07, 6.45) is 1.69. The van der Waals surface area contributed by atoms with Gasteiger partial charge in [-0.1, -0.05) is 6.92 Å². The Morgan fingerprint density at radius 2 is 2.32 bits per heavy atom. The average Bonchev–Trinajstić information content (AvgIpc) is 2.87. The second kappa shape index (κ2) is 7.40. The first-order valence-electron chi connectivity index (χ1n) is 7.71. The molecule has 1 aromatic rings. The van der Waals surface area contributed by atoms with Gasteiger partial charge in [-0.05, 0) is 19.8 Å². The van der Waals surface area contributed by atoms with Crippen LogP contribution in [0.5, 0.6) is 0 Å². The molecule has 0 spiro atoms. The number of carbonyl (C=O) groups excluding carboxylic acids is 2. The van der Waals surface area contributed by atoms with Crippen molar-refractivity contribution < 1.29 is 14.3 Å². The number of aromatic nitrogens is 2. The summed E-state index contributed by atoms with van der Waals surface area (Å²) in [5, 5.41) is 7.25. The van der Waals surface area contributed by atoms with Crippen LogP contribution in [0.3, 0.4) is 0 Å². The molecule has 7 heteroatoms. The Kier molecular flexibility index (Phi) is 5.54. The van der Waals surface area contributed by atoms with Gasteiger partial charge in [-0.25, -0.2) is 4.68 Å². The van der Waals surface area contributed by atoms with Crippen LogP contribution in [0.4, 0.5) is 5.82 Å². The van der Waals surface area contributed by atoms with Crippen molar-refractivity contribution in [2.75, 3.05) is 25.2 Å². The summed E-state index contributed by atoms with van der Waals surface area (Å²) in [5.74, 6) is 0.568. The Labute approximate surface area is 130 Å². The Morgan fingerprint density at radius 1 is 1.55 bits per heavy atom. The van der Waals surface area contributed by atoms with Crippen LogP contribution in [0.15, 0.2) is 6.07 Å². The summed E-state index contributed by atoms with van der Waals surface area (Å²) in [6, 6.07) is 1.36. The second-order valence-corrected chi connectivity index (χ2v) is 5.44. The van der Waals surface area contributed by atoms with Crippen molar-refractivity contribution in [1.82, 2.24) is 15.1 Å². The van der Waals surface area contributed by atoms with Crippen LogP contribution in [-0.2, 0) is 20.9 Å². The first kappa shape index (κ1) is 16.5. The topological polar surface area (TPSA) is 76.5 Å². The van der Waals surface area contributed by atoms with E-state index in [9.17, 15) is 9.59 Å². The van der Waals surface area contributed by atoms with Crippen molar-refractivity contribution in [3.8, 4) is 0 Å². The van der Waals surface area contributed by atoms with Crippen molar-refractivity contribution in [3.63, 3.8) is 0 Å². The van der Waals surface area contributed by atoms with Crippen LogP contribution in [-0.4, -0.2) is 47.9 Å². The predicted octanol–water partition coefficient (Wildman–Crippen LogP) is 0.860. The Hall–Kier alpha value is -1.89. The normalized spacial score (nSPS) is 15.6. The lowest BCUT2D eigenvalue weighted by atomic mass is 10.1. The van der Waals surface area contributed by atoms with E-state index < -0.39 is 6.04 Å². The molecule has 0 aliphatic carbocycles. The third kappa shape index (κ3) is 3.47. The predicted molar refractivity (Wildman–Crippen MR) is 82.6 cm³/mol. The fraction of sp³-hybridized carbons (Fsp3) is 0.667. The lowest BCUT2D eigenvalue weighted by molar-refractivity contribution is -0.127. The molecule has 1 aliphatic heterocycles. The fourth-order valence-corrected chi connectivity index (χ4v) is 2.70. The largest absolute Gasteiger partial charge is 0.385 e. The first-order chi connectivity index (χ1) is 10.6. The number of hydrogen-bond donors (Lipinski definition) is 1. The van der Waals surface area contributed by atoms with E-state index in [1.54, 1.807) is 16.7 Å². The molecular formula is C15H24N4O3. The minimum atomic E-state index is -0.495. The van der Waals surface area contributed by atoms with Gasteiger partial charge in [0, 0.05) is 32.7 Å². The van der Waals surface area contributed by atoms with E-state index in [1.807, 2.05) is 19.9 Å². The second-order valence-electron chi connectivity index (χ2n) is 5.44. The number of hydrogen-bond acceptors (Lipinski definition) is 4. The molecule has 0 bridgehead atoms. The van der Waals surface area contributed by atoms with Crippen LogP contribution in [0, 0.1) is 6.92 Å². The van der Waals surface area contributed by atoms with E-state index in [0.29, 0.717) is 38.4 Å². The maximum absolute atomic E-state index is 12.4. The van der Waals surface area contributed by atoms with Crippen molar-refractivity contribution in [2.24, 2.45) is 0 Å². The van der Waals surface area contributed by atoms with Gasteiger partial charge in [-0.15, -0.1) is 0 Å². The van der Waals surface area contributed by atoms with Gasteiger partial charge in [-0.3, -0.25) is 14.5 Å². The van der Waals surface area contributed by atoms with Gasteiger partial charge in [0.25, 0.3) is 0 Å². The Morgan fingerprint density at radius 3 is 3.00 bits per heavy atom.